The van der Waals surface area contributed by atoms with E-state index in [0.717, 1.165) is 12.8 Å². The molecule has 0 aromatic heterocycles. The first-order chi connectivity index (χ1) is 9.04. The minimum absolute atomic E-state index is 0.0739. The number of nitrogens with one attached hydrogen (secondary N) is 2. The summed E-state index contributed by atoms with van der Waals surface area (Å²) in [6.07, 6.45) is 2.24. The van der Waals surface area contributed by atoms with E-state index in [1.807, 2.05) is 6.92 Å². The molecule has 0 spiro atoms. The number of fused-ring (bicyclic) bond motifs is 1. The molecule has 19 heavy (non-hydrogen) atoms. The third kappa shape index (κ3) is 3.16. The molecule has 1 aromatic carbocycles. The van der Waals surface area contributed by atoms with Crippen LogP contribution in [-0.2, 0) is 10.2 Å². The van der Waals surface area contributed by atoms with Crippen LogP contribution < -0.4 is 10.6 Å². The van der Waals surface area contributed by atoms with Crippen LogP contribution in [0.3, 0.4) is 0 Å². The van der Waals surface area contributed by atoms with Crippen molar-refractivity contribution in [1.82, 2.24) is 10.6 Å². The van der Waals surface area contributed by atoms with Crippen molar-refractivity contribution in [2.24, 2.45) is 0 Å². The van der Waals surface area contributed by atoms with Crippen LogP contribution in [0.5, 0.6) is 0 Å². The molecule has 0 saturated carbocycles. The number of amides is 1. The normalized spacial score (nSPS) is 20.7. The maximum atomic E-state index is 11.6. The van der Waals surface area contributed by atoms with Gasteiger partial charge >= 0.3 is 0 Å². The van der Waals surface area contributed by atoms with Gasteiger partial charge in [-0.05, 0) is 36.3 Å². The predicted octanol–water partition coefficient (Wildman–Crippen LogP) is 2.52. The number of carbonyl (C=O) groups is 1. The minimum atomic E-state index is 0.0739. The summed E-state index contributed by atoms with van der Waals surface area (Å²) in [5, 5.41) is 6.21. The largest absolute Gasteiger partial charge is 0.355 e. The van der Waals surface area contributed by atoms with Crippen LogP contribution in [0, 0.1) is 0 Å². The quantitative estimate of drug-likeness (QED) is 0.873. The molecule has 3 heteroatoms. The predicted molar refractivity (Wildman–Crippen MR) is 78.1 cm³/mol. The van der Waals surface area contributed by atoms with E-state index in [9.17, 15) is 4.79 Å². The lowest BCUT2D eigenvalue weighted by Gasteiger charge is -2.37. The zero-order valence-electron chi connectivity index (χ0n) is 12.1. The Labute approximate surface area is 115 Å². The second-order valence-corrected chi connectivity index (χ2v) is 5.90. The summed E-state index contributed by atoms with van der Waals surface area (Å²) in [5.41, 5.74) is 3.00. The molecule has 104 valence electrons. The maximum Gasteiger partial charge on any atom is 0.233 e. The molecule has 0 bridgehead atoms. The molecule has 0 fully saturated rings. The average molecular weight is 260 g/mol. The Morgan fingerprint density at radius 2 is 2.11 bits per heavy atom. The highest BCUT2D eigenvalue weighted by Crippen LogP contribution is 2.41. The first kappa shape index (κ1) is 14.1. The summed E-state index contributed by atoms with van der Waals surface area (Å²) in [6, 6.07) is 8.89. The van der Waals surface area contributed by atoms with Crippen LogP contribution in [0.1, 0.15) is 50.8 Å². The summed E-state index contributed by atoms with van der Waals surface area (Å²) >= 11 is 0. The van der Waals surface area contributed by atoms with Gasteiger partial charge in [0.2, 0.25) is 5.91 Å². The highest BCUT2D eigenvalue weighted by molar-refractivity contribution is 5.77. The minimum Gasteiger partial charge on any atom is -0.355 e. The summed E-state index contributed by atoms with van der Waals surface area (Å²) in [4.78, 5) is 11.6. The Morgan fingerprint density at radius 1 is 1.37 bits per heavy atom. The summed E-state index contributed by atoms with van der Waals surface area (Å²) < 4.78 is 0. The molecule has 1 atom stereocenters. The maximum absolute atomic E-state index is 11.6. The fourth-order valence-electron chi connectivity index (χ4n) is 2.90. The second kappa shape index (κ2) is 5.74. The monoisotopic (exact) mass is 260 g/mol. The Bertz CT molecular complexity index is 454. The van der Waals surface area contributed by atoms with E-state index in [2.05, 4.69) is 48.7 Å². The lowest BCUT2D eigenvalue weighted by Crippen LogP contribution is -2.38. The summed E-state index contributed by atoms with van der Waals surface area (Å²) in [6.45, 7) is 7.62. The zero-order valence-corrected chi connectivity index (χ0v) is 12.1. The number of rotatable bonds is 4. The van der Waals surface area contributed by atoms with Crippen molar-refractivity contribution in [2.75, 3.05) is 13.1 Å². The van der Waals surface area contributed by atoms with Gasteiger partial charge in [0.1, 0.15) is 0 Å². The molecule has 1 amide bonds. The molecule has 0 saturated heterocycles. The van der Waals surface area contributed by atoms with Gasteiger partial charge in [0.25, 0.3) is 0 Å². The highest BCUT2D eigenvalue weighted by atomic mass is 16.1. The molecule has 1 aliphatic rings. The molecule has 0 radical (unpaired) electrons. The molecule has 2 rings (SSSR count). The molecule has 3 nitrogen and oxygen atoms in total. The average Bonchev–Trinajstić information content (AvgIpc) is 2.38. The van der Waals surface area contributed by atoms with E-state index in [1.54, 1.807) is 0 Å². The van der Waals surface area contributed by atoms with Crippen LogP contribution in [0.4, 0.5) is 0 Å². The van der Waals surface area contributed by atoms with Gasteiger partial charge in [0.15, 0.2) is 0 Å². The smallest absolute Gasteiger partial charge is 0.233 e. The molecule has 0 aliphatic heterocycles. The van der Waals surface area contributed by atoms with Gasteiger partial charge in [-0.15, -0.1) is 0 Å². The van der Waals surface area contributed by atoms with Crippen LogP contribution >= 0.6 is 0 Å². The van der Waals surface area contributed by atoms with Gasteiger partial charge in [0, 0.05) is 12.6 Å². The molecular weight excluding hydrogens is 236 g/mol. The van der Waals surface area contributed by atoms with E-state index in [0.29, 0.717) is 19.1 Å². The van der Waals surface area contributed by atoms with E-state index >= 15 is 0 Å². The van der Waals surface area contributed by atoms with Crippen LogP contribution in [0.25, 0.3) is 0 Å². The fraction of sp³-hybridized carbons (Fsp3) is 0.562. The van der Waals surface area contributed by atoms with E-state index in [-0.39, 0.29) is 11.3 Å². The van der Waals surface area contributed by atoms with Crippen LogP contribution in [0.15, 0.2) is 24.3 Å². The molecule has 1 aliphatic carbocycles. The first-order valence-corrected chi connectivity index (χ1v) is 7.14. The number of benzene rings is 1. The van der Waals surface area contributed by atoms with Crippen molar-refractivity contribution in [1.29, 1.82) is 0 Å². The van der Waals surface area contributed by atoms with Crippen molar-refractivity contribution in [3.05, 3.63) is 35.4 Å². The molecule has 2 N–H and O–H groups in total. The van der Waals surface area contributed by atoms with Crippen LogP contribution in [0.2, 0.25) is 0 Å². The Hall–Kier alpha value is -1.35. The lowest BCUT2D eigenvalue weighted by atomic mass is 9.71. The number of hydrogen-bond donors (Lipinski definition) is 2. The fourth-order valence-corrected chi connectivity index (χ4v) is 2.90. The molecule has 0 heterocycles. The summed E-state index contributed by atoms with van der Waals surface area (Å²) in [5.74, 6) is 0.0739. The third-order valence-corrected chi connectivity index (χ3v) is 4.01. The van der Waals surface area contributed by atoms with E-state index < -0.39 is 0 Å². The number of carbonyl (C=O) groups excluding carboxylic acids is 1. The van der Waals surface area contributed by atoms with Gasteiger partial charge in [-0.2, -0.15) is 0 Å². The van der Waals surface area contributed by atoms with Gasteiger partial charge < -0.3 is 10.6 Å². The zero-order chi connectivity index (χ0) is 13.9. The SMILES string of the molecule is CCNC(=O)CNC1CCC(C)(C)c2ccccc21. The number of likely N-dealkylation sites (N-methyl/N-ethyl adjacent to an activating group) is 1. The Morgan fingerprint density at radius 3 is 2.84 bits per heavy atom. The molecule has 1 aromatic rings. The van der Waals surface area contributed by atoms with Gasteiger partial charge in [0.05, 0.1) is 6.54 Å². The lowest BCUT2D eigenvalue weighted by molar-refractivity contribution is -0.120. The number of hydrogen-bond acceptors (Lipinski definition) is 2. The van der Waals surface area contributed by atoms with Crippen LogP contribution in [-0.4, -0.2) is 19.0 Å². The Kier molecular flexibility index (Phi) is 4.25. The second-order valence-electron chi connectivity index (χ2n) is 5.90. The topological polar surface area (TPSA) is 41.1 Å². The molecule has 1 unspecified atom stereocenters. The van der Waals surface area contributed by atoms with Gasteiger partial charge in [-0.3, -0.25) is 4.79 Å². The standard InChI is InChI=1S/C16H24N2O/c1-4-17-15(19)11-18-14-9-10-16(2,3)13-8-6-5-7-12(13)14/h5-8,14,18H,4,9-11H2,1-3H3,(H,17,19). The van der Waals surface area contributed by atoms with Crippen molar-refractivity contribution in [2.45, 2.75) is 45.1 Å². The Balaban J connectivity index is 2.10. The van der Waals surface area contributed by atoms with Crippen molar-refractivity contribution >= 4 is 5.91 Å². The summed E-state index contributed by atoms with van der Waals surface area (Å²) in [7, 11) is 0. The van der Waals surface area contributed by atoms with Crippen molar-refractivity contribution in [3.63, 3.8) is 0 Å². The van der Waals surface area contributed by atoms with Gasteiger partial charge in [-0.1, -0.05) is 38.1 Å². The third-order valence-electron chi connectivity index (χ3n) is 4.01. The van der Waals surface area contributed by atoms with E-state index in [1.165, 1.54) is 11.1 Å². The molecular formula is C16H24N2O. The van der Waals surface area contributed by atoms with E-state index in [4.69, 9.17) is 0 Å². The first-order valence-electron chi connectivity index (χ1n) is 7.14. The van der Waals surface area contributed by atoms with Crippen molar-refractivity contribution in [3.8, 4) is 0 Å². The van der Waals surface area contributed by atoms with Crippen molar-refractivity contribution < 1.29 is 4.79 Å². The van der Waals surface area contributed by atoms with Gasteiger partial charge in [-0.25, -0.2) is 0 Å². The highest BCUT2D eigenvalue weighted by Gasteiger charge is 2.32.